The van der Waals surface area contributed by atoms with Crippen molar-refractivity contribution in [3.63, 3.8) is 0 Å². The molecule has 1 aliphatic heterocycles. The summed E-state index contributed by atoms with van der Waals surface area (Å²) >= 11 is 1.35. The first-order chi connectivity index (χ1) is 13.1. The molecule has 0 bridgehead atoms. The van der Waals surface area contributed by atoms with Crippen LogP contribution in [-0.4, -0.2) is 43.3 Å². The number of rotatable bonds is 7. The lowest BCUT2D eigenvalue weighted by Crippen LogP contribution is -2.46. The fourth-order valence-electron chi connectivity index (χ4n) is 3.10. The van der Waals surface area contributed by atoms with Crippen molar-refractivity contribution in [2.24, 2.45) is 5.41 Å². The van der Waals surface area contributed by atoms with Gasteiger partial charge in [0.25, 0.3) is 5.91 Å². The lowest BCUT2D eigenvalue weighted by molar-refractivity contribution is -0.154. The third kappa shape index (κ3) is 4.31. The third-order valence-corrected chi connectivity index (χ3v) is 5.92. The summed E-state index contributed by atoms with van der Waals surface area (Å²) < 4.78 is 10.9. The van der Waals surface area contributed by atoms with Crippen molar-refractivity contribution in [1.29, 1.82) is 0 Å². The van der Waals surface area contributed by atoms with Crippen molar-refractivity contribution in [3.05, 3.63) is 41.3 Å². The van der Waals surface area contributed by atoms with Gasteiger partial charge in [-0.15, -0.1) is 11.3 Å². The van der Waals surface area contributed by atoms with E-state index in [4.69, 9.17) is 9.47 Å². The first kappa shape index (κ1) is 19.4. The molecule has 0 spiro atoms. The van der Waals surface area contributed by atoms with Crippen LogP contribution in [0.15, 0.2) is 36.4 Å². The molecule has 1 aliphatic rings. The van der Waals surface area contributed by atoms with Gasteiger partial charge in [-0.25, -0.2) is 0 Å². The van der Waals surface area contributed by atoms with Gasteiger partial charge in [0, 0.05) is 24.6 Å². The molecule has 1 saturated heterocycles. The Bertz CT molecular complexity index is 796. The lowest BCUT2D eigenvalue weighted by Gasteiger charge is -2.33. The van der Waals surface area contributed by atoms with Gasteiger partial charge in [0.2, 0.25) is 0 Å². The number of hydrogen-bond donors (Lipinski definition) is 2. The van der Waals surface area contributed by atoms with Crippen molar-refractivity contribution < 1.29 is 24.2 Å². The predicted molar refractivity (Wildman–Crippen MR) is 103 cm³/mol. The number of thiophene rings is 1. The molecule has 0 aliphatic carbocycles. The largest absolute Gasteiger partial charge is 0.492 e. The summed E-state index contributed by atoms with van der Waals surface area (Å²) in [6.07, 6.45) is 0.779. The molecule has 6 nitrogen and oxygen atoms in total. The Balaban J connectivity index is 1.79. The van der Waals surface area contributed by atoms with E-state index in [9.17, 15) is 14.7 Å². The number of carbonyl (C=O) groups excluding carboxylic acids is 1. The molecule has 0 atom stereocenters. The highest BCUT2D eigenvalue weighted by Gasteiger charge is 2.40. The van der Waals surface area contributed by atoms with Crippen LogP contribution in [0.3, 0.4) is 0 Å². The van der Waals surface area contributed by atoms with Crippen molar-refractivity contribution in [2.75, 3.05) is 26.4 Å². The highest BCUT2D eigenvalue weighted by atomic mass is 32.1. The number of aliphatic carboxylic acids is 1. The molecule has 2 aromatic rings. The number of amides is 1. The fraction of sp³-hybridized carbons (Fsp3) is 0.400. The van der Waals surface area contributed by atoms with E-state index >= 15 is 0 Å². The van der Waals surface area contributed by atoms with Gasteiger partial charge in [-0.2, -0.15) is 0 Å². The molecule has 0 saturated carbocycles. The highest BCUT2D eigenvalue weighted by Crippen LogP contribution is 2.37. The Morgan fingerprint density at radius 2 is 1.96 bits per heavy atom. The first-order valence-electron chi connectivity index (χ1n) is 8.97. The van der Waals surface area contributed by atoms with Gasteiger partial charge < -0.3 is 19.9 Å². The molecular weight excluding hydrogens is 366 g/mol. The maximum absolute atomic E-state index is 12.8. The predicted octanol–water partition coefficient (Wildman–Crippen LogP) is 3.43. The SMILES string of the molecule is CCOc1cc(-c2ccccc2)sc1C(=O)NCC1(C(=O)O)CCOCC1. The summed E-state index contributed by atoms with van der Waals surface area (Å²) in [6, 6.07) is 11.6. The number of nitrogens with one attached hydrogen (secondary N) is 1. The number of hydrogen-bond acceptors (Lipinski definition) is 5. The average molecular weight is 389 g/mol. The van der Waals surface area contributed by atoms with Gasteiger partial charge in [-0.1, -0.05) is 30.3 Å². The Kier molecular flexibility index (Phi) is 6.13. The monoisotopic (exact) mass is 389 g/mol. The van der Waals surface area contributed by atoms with E-state index in [-0.39, 0.29) is 12.5 Å². The molecule has 1 aromatic carbocycles. The molecule has 1 aromatic heterocycles. The maximum atomic E-state index is 12.8. The molecule has 2 heterocycles. The Morgan fingerprint density at radius 1 is 1.26 bits per heavy atom. The second-order valence-electron chi connectivity index (χ2n) is 6.48. The van der Waals surface area contributed by atoms with E-state index in [1.54, 1.807) is 0 Å². The Labute approximate surface area is 162 Å². The van der Waals surface area contributed by atoms with Crippen LogP contribution in [0.1, 0.15) is 29.4 Å². The van der Waals surface area contributed by atoms with Crippen LogP contribution in [-0.2, 0) is 9.53 Å². The number of carbonyl (C=O) groups is 2. The van der Waals surface area contributed by atoms with E-state index < -0.39 is 11.4 Å². The van der Waals surface area contributed by atoms with Crippen molar-refractivity contribution in [2.45, 2.75) is 19.8 Å². The molecule has 144 valence electrons. The minimum absolute atomic E-state index is 0.0780. The van der Waals surface area contributed by atoms with Crippen LogP contribution < -0.4 is 10.1 Å². The second-order valence-corrected chi connectivity index (χ2v) is 7.54. The Hall–Kier alpha value is -2.38. The maximum Gasteiger partial charge on any atom is 0.311 e. The quantitative estimate of drug-likeness (QED) is 0.758. The third-order valence-electron chi connectivity index (χ3n) is 4.75. The smallest absolute Gasteiger partial charge is 0.311 e. The number of carboxylic acids is 1. The first-order valence-corrected chi connectivity index (χ1v) is 9.79. The van der Waals surface area contributed by atoms with Crippen molar-refractivity contribution in [1.82, 2.24) is 5.32 Å². The van der Waals surface area contributed by atoms with Crippen LogP contribution in [0.25, 0.3) is 10.4 Å². The molecule has 27 heavy (non-hydrogen) atoms. The molecule has 7 heteroatoms. The van der Waals surface area contributed by atoms with Gasteiger partial charge in [-0.3, -0.25) is 9.59 Å². The number of benzene rings is 1. The number of carboxylic acid groups (broad SMARTS) is 1. The lowest BCUT2D eigenvalue weighted by atomic mass is 9.80. The van der Waals surface area contributed by atoms with Crippen molar-refractivity contribution >= 4 is 23.2 Å². The zero-order chi connectivity index (χ0) is 19.3. The van der Waals surface area contributed by atoms with Gasteiger partial charge >= 0.3 is 5.97 Å². The average Bonchev–Trinajstić information content (AvgIpc) is 3.12. The standard InChI is InChI=1S/C20H23NO5S/c1-2-26-15-12-16(14-6-4-3-5-7-14)27-17(15)18(22)21-13-20(19(23)24)8-10-25-11-9-20/h3-7,12H,2,8-11,13H2,1H3,(H,21,22)(H,23,24). The second kappa shape index (κ2) is 8.54. The normalized spacial score (nSPS) is 15.9. The van der Waals surface area contributed by atoms with Crippen LogP contribution in [0.2, 0.25) is 0 Å². The summed E-state index contributed by atoms with van der Waals surface area (Å²) in [4.78, 5) is 25.9. The van der Waals surface area contributed by atoms with Gasteiger partial charge in [-0.05, 0) is 31.4 Å². The number of ether oxygens (including phenoxy) is 2. The van der Waals surface area contributed by atoms with E-state index in [1.807, 2.05) is 43.3 Å². The van der Waals surface area contributed by atoms with Crippen molar-refractivity contribution in [3.8, 4) is 16.2 Å². The van der Waals surface area contributed by atoms with E-state index in [2.05, 4.69) is 5.32 Å². The highest BCUT2D eigenvalue weighted by molar-refractivity contribution is 7.17. The Morgan fingerprint density at radius 3 is 2.59 bits per heavy atom. The minimum Gasteiger partial charge on any atom is -0.492 e. The van der Waals surface area contributed by atoms with Gasteiger partial charge in [0.1, 0.15) is 10.6 Å². The summed E-state index contributed by atoms with van der Waals surface area (Å²) in [6.45, 7) is 3.17. The molecule has 1 amide bonds. The van der Waals surface area contributed by atoms with Crippen LogP contribution in [0.4, 0.5) is 0 Å². The zero-order valence-corrected chi connectivity index (χ0v) is 16.0. The van der Waals surface area contributed by atoms with E-state index in [0.29, 0.717) is 43.3 Å². The van der Waals surface area contributed by atoms with Gasteiger partial charge in [0.05, 0.1) is 12.0 Å². The summed E-state index contributed by atoms with van der Waals surface area (Å²) in [5.41, 5.74) is 0.0353. The van der Waals surface area contributed by atoms with Gasteiger partial charge in [0.15, 0.2) is 0 Å². The fourth-order valence-corrected chi connectivity index (χ4v) is 4.12. The summed E-state index contributed by atoms with van der Waals surface area (Å²) in [5, 5.41) is 12.4. The van der Waals surface area contributed by atoms with Crippen LogP contribution >= 0.6 is 11.3 Å². The van der Waals surface area contributed by atoms with Crippen LogP contribution in [0, 0.1) is 5.41 Å². The summed E-state index contributed by atoms with van der Waals surface area (Å²) in [5.74, 6) is -0.680. The van der Waals surface area contributed by atoms with Crippen LogP contribution in [0.5, 0.6) is 5.75 Å². The molecule has 2 N–H and O–H groups in total. The molecule has 1 fully saturated rings. The molecule has 0 unspecified atom stereocenters. The zero-order valence-electron chi connectivity index (χ0n) is 15.2. The van der Waals surface area contributed by atoms with E-state index in [1.165, 1.54) is 11.3 Å². The molecular formula is C20H23NO5S. The minimum atomic E-state index is -0.973. The molecule has 3 rings (SSSR count). The topological polar surface area (TPSA) is 84.9 Å². The van der Waals surface area contributed by atoms with E-state index in [0.717, 1.165) is 10.4 Å². The summed E-state index contributed by atoms with van der Waals surface area (Å²) in [7, 11) is 0. The molecule has 0 radical (unpaired) electrons.